The lowest BCUT2D eigenvalue weighted by atomic mass is 10.0. The molecule has 24 heavy (non-hydrogen) atoms. The molecule has 0 aromatic heterocycles. The molecule has 2 rings (SSSR count). The van der Waals surface area contributed by atoms with Gasteiger partial charge in [0.1, 0.15) is 5.75 Å². The van der Waals surface area contributed by atoms with E-state index in [0.29, 0.717) is 11.3 Å². The fourth-order valence-electron chi connectivity index (χ4n) is 2.78. The minimum absolute atomic E-state index is 0.115. The Bertz CT molecular complexity index is 608. The summed E-state index contributed by atoms with van der Waals surface area (Å²) in [6.07, 6.45) is -0.484. The van der Waals surface area contributed by atoms with Gasteiger partial charge in [0.05, 0.1) is 5.56 Å². The maximum Gasteiger partial charge on any atom is 0.414 e. The van der Waals surface area contributed by atoms with E-state index >= 15 is 0 Å². The summed E-state index contributed by atoms with van der Waals surface area (Å²) in [5.41, 5.74) is 1.48. The summed E-state index contributed by atoms with van der Waals surface area (Å²) in [4.78, 5) is 29.8. The first-order valence-electron chi connectivity index (χ1n) is 8.26. The predicted octanol–water partition coefficient (Wildman–Crippen LogP) is 2.26. The monoisotopic (exact) mass is 333 g/mol. The van der Waals surface area contributed by atoms with E-state index in [1.54, 1.807) is 20.2 Å². The van der Waals surface area contributed by atoms with Crippen molar-refractivity contribution in [1.29, 1.82) is 0 Å². The van der Waals surface area contributed by atoms with Gasteiger partial charge in [0.25, 0.3) is 0 Å². The highest BCUT2D eigenvalue weighted by Crippen LogP contribution is 2.28. The second-order valence-corrected chi connectivity index (χ2v) is 6.59. The molecule has 0 N–H and O–H groups in total. The summed E-state index contributed by atoms with van der Waals surface area (Å²) in [6.45, 7) is 7.70. The number of likely N-dealkylation sites (N-methyl/N-ethyl adjacent to an activating group) is 1. The van der Waals surface area contributed by atoms with Crippen LogP contribution in [-0.2, 0) is 0 Å². The van der Waals surface area contributed by atoms with Crippen LogP contribution < -0.4 is 4.74 Å². The van der Waals surface area contributed by atoms with Gasteiger partial charge < -0.3 is 14.5 Å². The van der Waals surface area contributed by atoms with Crippen molar-refractivity contribution in [3.05, 3.63) is 29.3 Å². The van der Waals surface area contributed by atoms with Crippen LogP contribution in [0.3, 0.4) is 0 Å². The highest BCUT2D eigenvalue weighted by atomic mass is 16.6. The van der Waals surface area contributed by atoms with Gasteiger partial charge in [-0.25, -0.2) is 4.79 Å². The first kappa shape index (κ1) is 18.4. The molecular weight excluding hydrogens is 306 g/mol. The van der Waals surface area contributed by atoms with Crippen molar-refractivity contribution >= 4 is 11.9 Å². The molecule has 6 heteroatoms. The average Bonchev–Trinajstić information content (AvgIpc) is 2.54. The average molecular weight is 333 g/mol. The minimum atomic E-state index is -0.484. The van der Waals surface area contributed by atoms with Crippen LogP contribution in [0.15, 0.2) is 18.2 Å². The SMILES string of the molecule is CC(=O)c1ccc(C(C)N2CCN(C)CC2)cc1OC(=O)N(C)C. The zero-order valence-electron chi connectivity index (χ0n) is 15.2. The second-order valence-electron chi connectivity index (χ2n) is 6.59. The minimum Gasteiger partial charge on any atom is -0.409 e. The maximum absolute atomic E-state index is 11.9. The molecule has 0 radical (unpaired) electrons. The molecular formula is C18H27N3O3. The molecule has 1 atom stereocenters. The highest BCUT2D eigenvalue weighted by molar-refractivity contribution is 5.97. The summed E-state index contributed by atoms with van der Waals surface area (Å²) in [5, 5.41) is 0. The lowest BCUT2D eigenvalue weighted by Gasteiger charge is -2.36. The zero-order valence-corrected chi connectivity index (χ0v) is 15.2. The van der Waals surface area contributed by atoms with Gasteiger partial charge in [-0.2, -0.15) is 0 Å². The smallest absolute Gasteiger partial charge is 0.409 e. The van der Waals surface area contributed by atoms with Gasteiger partial charge in [0.2, 0.25) is 0 Å². The largest absolute Gasteiger partial charge is 0.414 e. The van der Waals surface area contributed by atoms with E-state index in [1.165, 1.54) is 11.8 Å². The van der Waals surface area contributed by atoms with Crippen LogP contribution in [0, 0.1) is 0 Å². The maximum atomic E-state index is 11.9. The van der Waals surface area contributed by atoms with Crippen molar-refractivity contribution in [1.82, 2.24) is 14.7 Å². The Morgan fingerprint density at radius 1 is 1.17 bits per heavy atom. The van der Waals surface area contributed by atoms with E-state index in [1.807, 2.05) is 12.1 Å². The van der Waals surface area contributed by atoms with Crippen LogP contribution in [0.25, 0.3) is 0 Å². The van der Waals surface area contributed by atoms with E-state index in [4.69, 9.17) is 4.74 Å². The second kappa shape index (κ2) is 7.77. The van der Waals surface area contributed by atoms with E-state index in [2.05, 4.69) is 23.8 Å². The summed E-state index contributed by atoms with van der Waals surface area (Å²) >= 11 is 0. The van der Waals surface area contributed by atoms with Gasteiger partial charge in [0.15, 0.2) is 5.78 Å². The Kier molecular flexibility index (Phi) is 5.96. The number of hydrogen-bond acceptors (Lipinski definition) is 5. The molecule has 132 valence electrons. The molecule has 1 amide bonds. The van der Waals surface area contributed by atoms with E-state index in [-0.39, 0.29) is 11.8 Å². The summed E-state index contributed by atoms with van der Waals surface area (Å²) in [5.74, 6) is 0.218. The number of amides is 1. The van der Waals surface area contributed by atoms with E-state index < -0.39 is 6.09 Å². The summed E-state index contributed by atoms with van der Waals surface area (Å²) < 4.78 is 5.40. The number of carbonyl (C=O) groups excluding carboxylic acids is 2. The van der Waals surface area contributed by atoms with E-state index in [0.717, 1.165) is 31.7 Å². The van der Waals surface area contributed by atoms with Crippen molar-refractivity contribution in [2.75, 3.05) is 47.3 Å². The molecule has 0 bridgehead atoms. The Hall–Kier alpha value is -1.92. The standard InChI is InChI=1S/C18H27N3O3/c1-13(21-10-8-20(5)9-11-21)15-6-7-16(14(2)22)17(12-15)24-18(23)19(3)4/h6-7,12-13H,8-11H2,1-5H3. The van der Waals surface area contributed by atoms with Crippen LogP contribution in [0.5, 0.6) is 5.75 Å². The molecule has 1 aliphatic rings. The molecule has 1 unspecified atom stereocenters. The van der Waals surface area contributed by atoms with Crippen molar-refractivity contribution < 1.29 is 14.3 Å². The first-order valence-corrected chi connectivity index (χ1v) is 8.26. The van der Waals surface area contributed by atoms with Crippen molar-refractivity contribution in [3.8, 4) is 5.75 Å². The molecule has 1 heterocycles. The normalized spacial score (nSPS) is 17.4. The van der Waals surface area contributed by atoms with Gasteiger partial charge in [-0.05, 0) is 38.6 Å². The van der Waals surface area contributed by atoms with Crippen molar-refractivity contribution in [2.45, 2.75) is 19.9 Å². The molecule has 1 aromatic rings. The number of carbonyl (C=O) groups is 2. The van der Waals surface area contributed by atoms with Gasteiger partial charge >= 0.3 is 6.09 Å². The third-order valence-corrected chi connectivity index (χ3v) is 4.52. The van der Waals surface area contributed by atoms with Gasteiger partial charge in [0, 0.05) is 46.3 Å². The summed E-state index contributed by atoms with van der Waals surface area (Å²) in [6, 6.07) is 5.73. The third kappa shape index (κ3) is 4.33. The van der Waals surface area contributed by atoms with Crippen molar-refractivity contribution in [3.63, 3.8) is 0 Å². The number of ketones is 1. The molecule has 1 fully saturated rings. The number of ether oxygens (including phenoxy) is 1. The van der Waals surface area contributed by atoms with Crippen LogP contribution in [0.4, 0.5) is 4.79 Å². The number of piperazine rings is 1. The highest BCUT2D eigenvalue weighted by Gasteiger charge is 2.22. The fraction of sp³-hybridized carbons (Fsp3) is 0.556. The quantitative estimate of drug-likeness (QED) is 0.791. The first-order chi connectivity index (χ1) is 11.3. The van der Waals surface area contributed by atoms with Crippen molar-refractivity contribution in [2.24, 2.45) is 0 Å². The van der Waals surface area contributed by atoms with Gasteiger partial charge in [-0.3, -0.25) is 9.69 Å². The molecule has 0 aliphatic carbocycles. The van der Waals surface area contributed by atoms with Crippen LogP contribution in [0.1, 0.15) is 35.8 Å². The molecule has 1 aromatic carbocycles. The fourth-order valence-corrected chi connectivity index (χ4v) is 2.78. The van der Waals surface area contributed by atoms with E-state index in [9.17, 15) is 9.59 Å². The van der Waals surface area contributed by atoms with Gasteiger partial charge in [-0.15, -0.1) is 0 Å². The molecule has 0 saturated carbocycles. The topological polar surface area (TPSA) is 53.1 Å². The van der Waals surface area contributed by atoms with Crippen LogP contribution in [0.2, 0.25) is 0 Å². The third-order valence-electron chi connectivity index (χ3n) is 4.52. The molecule has 0 spiro atoms. The number of nitrogens with zero attached hydrogens (tertiary/aromatic N) is 3. The molecule has 1 aliphatic heterocycles. The van der Waals surface area contributed by atoms with Crippen LogP contribution in [-0.4, -0.2) is 73.9 Å². The predicted molar refractivity (Wildman–Crippen MR) is 93.6 cm³/mol. The molecule has 1 saturated heterocycles. The summed E-state index contributed by atoms with van der Waals surface area (Å²) in [7, 11) is 5.36. The number of rotatable bonds is 4. The zero-order chi connectivity index (χ0) is 17.9. The lowest BCUT2D eigenvalue weighted by Crippen LogP contribution is -2.45. The number of Topliss-reactive ketones (excluding diaryl/α,β-unsaturated/α-hetero) is 1. The Morgan fingerprint density at radius 3 is 2.33 bits per heavy atom. The van der Waals surface area contributed by atoms with Gasteiger partial charge in [-0.1, -0.05) is 6.07 Å². The Labute approximate surface area is 144 Å². The Morgan fingerprint density at radius 2 is 1.79 bits per heavy atom. The Balaban J connectivity index is 2.24. The number of hydrogen-bond donors (Lipinski definition) is 0. The van der Waals surface area contributed by atoms with Crippen LogP contribution >= 0.6 is 0 Å². The number of benzene rings is 1. The lowest BCUT2D eigenvalue weighted by molar-refractivity contribution is 0.101. The molecule has 6 nitrogen and oxygen atoms in total.